The van der Waals surface area contributed by atoms with Crippen molar-refractivity contribution in [3.8, 4) is 17.2 Å². The van der Waals surface area contributed by atoms with Gasteiger partial charge in [-0.3, -0.25) is 4.57 Å². The molecule has 36 heavy (non-hydrogen) atoms. The summed E-state index contributed by atoms with van der Waals surface area (Å²) in [4.78, 5) is 8.39. The van der Waals surface area contributed by atoms with Gasteiger partial charge >= 0.3 is 0 Å². The molecule has 0 aliphatic rings. The van der Waals surface area contributed by atoms with E-state index in [9.17, 15) is 8.42 Å². The lowest BCUT2D eigenvalue weighted by atomic mass is 10.0. The molecule has 1 aromatic carbocycles. The van der Waals surface area contributed by atoms with Gasteiger partial charge in [0.25, 0.3) is 0 Å². The normalized spacial score (nSPS) is 13.9. The van der Waals surface area contributed by atoms with E-state index < -0.39 is 26.6 Å². The number of halogens is 1. The number of rotatable bonds is 11. The van der Waals surface area contributed by atoms with Gasteiger partial charge in [-0.05, 0) is 32.9 Å². The van der Waals surface area contributed by atoms with E-state index in [0.29, 0.717) is 40.3 Å². The van der Waals surface area contributed by atoms with E-state index in [-0.39, 0.29) is 11.6 Å². The fourth-order valence-electron chi connectivity index (χ4n) is 3.71. The molecule has 10 nitrogen and oxygen atoms in total. The number of sulfone groups is 1. The molecular formula is C24H32ClN5O5S. The topological polar surface area (TPSA) is 118 Å². The second-order valence-corrected chi connectivity index (χ2v) is 11.9. The maximum Gasteiger partial charge on any atom is 0.160 e. The van der Waals surface area contributed by atoms with Crippen LogP contribution in [-0.4, -0.2) is 65.3 Å². The molecule has 0 unspecified atom stereocenters. The minimum Gasteiger partial charge on any atom is -0.494 e. The Morgan fingerprint density at radius 3 is 2.08 bits per heavy atom. The van der Waals surface area contributed by atoms with Crippen LogP contribution in [0, 0.1) is 0 Å². The van der Waals surface area contributed by atoms with Crippen LogP contribution in [0.5, 0.6) is 11.5 Å². The zero-order valence-corrected chi connectivity index (χ0v) is 23.1. The van der Waals surface area contributed by atoms with Crippen LogP contribution in [0.3, 0.4) is 0 Å². The van der Waals surface area contributed by atoms with Gasteiger partial charge in [-0.25, -0.2) is 18.4 Å². The summed E-state index contributed by atoms with van der Waals surface area (Å²) in [5, 5.41) is 8.22. The highest BCUT2D eigenvalue weighted by atomic mass is 35.5. The molecule has 0 spiro atoms. The van der Waals surface area contributed by atoms with Crippen molar-refractivity contribution in [2.75, 3.05) is 21.3 Å². The number of methoxy groups -OCH3 is 3. The summed E-state index contributed by atoms with van der Waals surface area (Å²) in [6, 6.07) is 5.32. The van der Waals surface area contributed by atoms with Crippen LogP contribution < -0.4 is 9.47 Å². The lowest BCUT2D eigenvalue weighted by molar-refractivity contribution is 0.0212. The standard InChI is InChI=1S/C24H32ClN5O5S/c1-15(23-26-12-17(25)13-27-23)16(2)36(31,32)14-21-29-28-20(11-24(3,4)35-7)30(21)22-18(33-5)9-8-10-19(22)34-6/h8-10,12-13,15-16H,11,14H2,1-7H3/t15-,16-/m0/s1. The minimum atomic E-state index is -3.73. The van der Waals surface area contributed by atoms with Gasteiger partial charge in [0.1, 0.15) is 34.6 Å². The molecule has 2 atom stereocenters. The lowest BCUT2D eigenvalue weighted by Gasteiger charge is -2.24. The summed E-state index contributed by atoms with van der Waals surface area (Å²) in [7, 11) is 0.954. The van der Waals surface area contributed by atoms with E-state index in [2.05, 4.69) is 20.2 Å². The predicted octanol–water partition coefficient (Wildman–Crippen LogP) is 3.80. The summed E-state index contributed by atoms with van der Waals surface area (Å²) in [6.45, 7) is 7.23. The molecular weight excluding hydrogens is 506 g/mol. The third-order valence-electron chi connectivity index (χ3n) is 6.21. The lowest BCUT2D eigenvalue weighted by Crippen LogP contribution is -2.29. The smallest absolute Gasteiger partial charge is 0.160 e. The highest BCUT2D eigenvalue weighted by Gasteiger charge is 2.33. The van der Waals surface area contributed by atoms with Crippen molar-refractivity contribution < 1.29 is 22.6 Å². The third-order valence-corrected chi connectivity index (χ3v) is 8.60. The Bertz CT molecular complexity index is 1270. The van der Waals surface area contributed by atoms with E-state index >= 15 is 0 Å². The van der Waals surface area contributed by atoms with Crippen molar-refractivity contribution >= 4 is 21.4 Å². The fraction of sp³-hybridized carbons (Fsp3) is 0.500. The molecule has 0 bridgehead atoms. The van der Waals surface area contributed by atoms with E-state index in [1.165, 1.54) is 26.6 Å². The number of aromatic nitrogens is 5. The molecule has 0 fully saturated rings. The molecule has 196 valence electrons. The van der Waals surface area contributed by atoms with Gasteiger partial charge in [-0.2, -0.15) is 0 Å². The van der Waals surface area contributed by atoms with Crippen molar-refractivity contribution in [3.63, 3.8) is 0 Å². The third kappa shape index (κ3) is 5.96. The van der Waals surface area contributed by atoms with E-state index in [1.54, 1.807) is 43.7 Å². The largest absolute Gasteiger partial charge is 0.494 e. The molecule has 0 saturated heterocycles. The highest BCUT2D eigenvalue weighted by molar-refractivity contribution is 7.91. The Kier molecular flexibility index (Phi) is 8.58. The van der Waals surface area contributed by atoms with E-state index in [0.717, 1.165) is 0 Å². The minimum absolute atomic E-state index is 0.232. The molecule has 0 aliphatic heterocycles. The second kappa shape index (κ2) is 11.1. The molecule has 0 aliphatic carbocycles. The number of hydrogen-bond donors (Lipinski definition) is 0. The number of benzene rings is 1. The molecule has 0 amide bonds. The Morgan fingerprint density at radius 2 is 1.56 bits per heavy atom. The predicted molar refractivity (Wildman–Crippen MR) is 137 cm³/mol. The Balaban J connectivity index is 2.09. The fourth-order valence-corrected chi connectivity index (χ4v) is 5.37. The SMILES string of the molecule is COc1cccc(OC)c1-n1c(CC(C)(C)OC)nnc1CS(=O)(=O)[C@@H](C)[C@H](C)c1ncc(Cl)cn1. The summed E-state index contributed by atoms with van der Waals surface area (Å²) < 4.78 is 45.6. The van der Waals surface area contributed by atoms with Gasteiger partial charge in [-0.15, -0.1) is 10.2 Å². The van der Waals surface area contributed by atoms with Gasteiger partial charge in [0.2, 0.25) is 0 Å². The molecule has 3 aromatic rings. The van der Waals surface area contributed by atoms with Gasteiger partial charge in [0.05, 0.1) is 30.1 Å². The average Bonchev–Trinajstić information content (AvgIpc) is 3.22. The van der Waals surface area contributed by atoms with Gasteiger partial charge in [0, 0.05) is 31.8 Å². The number of hydrogen-bond acceptors (Lipinski definition) is 9. The molecule has 2 heterocycles. The average molecular weight is 538 g/mol. The molecule has 0 radical (unpaired) electrons. The highest BCUT2D eigenvalue weighted by Crippen LogP contribution is 2.35. The summed E-state index contributed by atoms with van der Waals surface area (Å²) in [6.07, 6.45) is 3.27. The quantitative estimate of drug-likeness (QED) is 0.359. The molecule has 0 N–H and O–H groups in total. The van der Waals surface area contributed by atoms with E-state index in [1.807, 2.05) is 13.8 Å². The molecule has 0 saturated carbocycles. The molecule has 3 rings (SSSR count). The first-order chi connectivity index (χ1) is 16.9. The van der Waals surface area contributed by atoms with Crippen LogP contribution in [0.1, 0.15) is 51.1 Å². The van der Waals surface area contributed by atoms with Crippen LogP contribution >= 0.6 is 11.6 Å². The number of nitrogens with zero attached hydrogens (tertiary/aromatic N) is 5. The van der Waals surface area contributed by atoms with Crippen molar-refractivity contribution in [2.24, 2.45) is 0 Å². The van der Waals surface area contributed by atoms with Crippen LogP contribution in [0.25, 0.3) is 5.69 Å². The molecule has 2 aromatic heterocycles. The van der Waals surface area contributed by atoms with E-state index in [4.69, 9.17) is 25.8 Å². The summed E-state index contributed by atoms with van der Waals surface area (Å²) in [5.74, 6) is 1.27. The first-order valence-corrected chi connectivity index (χ1v) is 13.4. The van der Waals surface area contributed by atoms with Crippen molar-refractivity contribution in [1.29, 1.82) is 0 Å². The number of para-hydroxylation sites is 1. The Morgan fingerprint density at radius 1 is 1.00 bits per heavy atom. The maximum absolute atomic E-state index is 13.6. The first-order valence-electron chi connectivity index (χ1n) is 11.3. The van der Waals surface area contributed by atoms with Crippen LogP contribution in [-0.2, 0) is 26.7 Å². The van der Waals surface area contributed by atoms with Crippen LogP contribution in [0.2, 0.25) is 5.02 Å². The number of ether oxygens (including phenoxy) is 3. The Hall–Kier alpha value is -2.76. The molecule has 12 heteroatoms. The summed E-state index contributed by atoms with van der Waals surface area (Å²) >= 11 is 5.89. The zero-order chi connectivity index (χ0) is 26.7. The van der Waals surface area contributed by atoms with Crippen LogP contribution in [0.4, 0.5) is 0 Å². The van der Waals surface area contributed by atoms with Crippen molar-refractivity contribution in [3.05, 3.63) is 53.1 Å². The Labute approximate surface area is 216 Å². The monoisotopic (exact) mass is 537 g/mol. The van der Waals surface area contributed by atoms with Crippen LogP contribution in [0.15, 0.2) is 30.6 Å². The van der Waals surface area contributed by atoms with Crippen molar-refractivity contribution in [1.82, 2.24) is 24.7 Å². The summed E-state index contributed by atoms with van der Waals surface area (Å²) in [5.41, 5.74) is -0.0643. The maximum atomic E-state index is 13.6. The van der Waals surface area contributed by atoms with Gasteiger partial charge in [0.15, 0.2) is 15.7 Å². The second-order valence-electron chi connectivity index (χ2n) is 9.08. The van der Waals surface area contributed by atoms with Gasteiger partial charge in [-0.1, -0.05) is 24.6 Å². The zero-order valence-electron chi connectivity index (χ0n) is 21.5. The first kappa shape index (κ1) is 27.8. The van der Waals surface area contributed by atoms with Gasteiger partial charge < -0.3 is 14.2 Å². The van der Waals surface area contributed by atoms with Crippen molar-refractivity contribution in [2.45, 2.75) is 56.6 Å².